The van der Waals surface area contributed by atoms with Crippen LogP contribution in [-0.2, 0) is 16.0 Å². The van der Waals surface area contributed by atoms with E-state index in [0.29, 0.717) is 6.54 Å². The first-order valence-electron chi connectivity index (χ1n) is 7.07. The monoisotopic (exact) mass is 272 g/mol. The Morgan fingerprint density at radius 1 is 1.40 bits per heavy atom. The van der Waals surface area contributed by atoms with Gasteiger partial charge in [0.25, 0.3) is 0 Å². The van der Waals surface area contributed by atoms with Gasteiger partial charge in [0.05, 0.1) is 6.54 Å². The molecule has 0 radical (unpaired) electrons. The molecular weight excluding hydrogens is 252 g/mol. The fourth-order valence-corrected chi connectivity index (χ4v) is 2.88. The molecule has 0 spiro atoms. The fourth-order valence-electron chi connectivity index (χ4n) is 2.88. The largest absolute Gasteiger partial charge is 0.458 e. The molecule has 1 atom stereocenters. The second kappa shape index (κ2) is 4.62. The summed E-state index contributed by atoms with van der Waals surface area (Å²) in [6, 6.07) is 5.96. The molecule has 1 aromatic rings. The van der Waals surface area contributed by atoms with Gasteiger partial charge in [-0.3, -0.25) is 4.99 Å². The molecular formula is C16H20N2O2. The lowest BCUT2D eigenvalue weighted by atomic mass is 10.1. The number of rotatable bonds is 1. The normalized spacial score (nSPS) is 20.6. The van der Waals surface area contributed by atoms with Crippen LogP contribution in [0.2, 0.25) is 0 Å². The van der Waals surface area contributed by atoms with Crippen molar-refractivity contribution in [1.82, 2.24) is 0 Å². The Balaban J connectivity index is 1.92. The number of aliphatic imine (C=N–C) groups is 1. The molecule has 0 aromatic heterocycles. The van der Waals surface area contributed by atoms with Crippen molar-refractivity contribution in [1.29, 1.82) is 0 Å². The van der Waals surface area contributed by atoms with E-state index in [4.69, 9.17) is 4.74 Å². The topological polar surface area (TPSA) is 41.9 Å². The van der Waals surface area contributed by atoms with Crippen LogP contribution >= 0.6 is 0 Å². The summed E-state index contributed by atoms with van der Waals surface area (Å²) in [5.74, 6) is -0.137. The Labute approximate surface area is 119 Å². The van der Waals surface area contributed by atoms with Gasteiger partial charge in [0.1, 0.15) is 11.6 Å². The maximum atomic E-state index is 12.4. The van der Waals surface area contributed by atoms with Crippen LogP contribution in [0.25, 0.3) is 0 Å². The van der Waals surface area contributed by atoms with Crippen LogP contribution in [0.4, 0.5) is 5.69 Å². The summed E-state index contributed by atoms with van der Waals surface area (Å²) in [5.41, 5.74) is 3.03. The van der Waals surface area contributed by atoms with Crippen LogP contribution in [0.3, 0.4) is 0 Å². The van der Waals surface area contributed by atoms with Gasteiger partial charge in [-0.25, -0.2) is 4.79 Å². The predicted octanol–water partition coefficient (Wildman–Crippen LogP) is 2.19. The molecule has 3 rings (SSSR count). The van der Waals surface area contributed by atoms with Crippen molar-refractivity contribution >= 4 is 17.9 Å². The van der Waals surface area contributed by atoms with E-state index in [0.717, 1.165) is 24.2 Å². The highest BCUT2D eigenvalue weighted by molar-refractivity contribution is 5.94. The van der Waals surface area contributed by atoms with Gasteiger partial charge in [0, 0.05) is 30.4 Å². The van der Waals surface area contributed by atoms with Gasteiger partial charge >= 0.3 is 5.97 Å². The number of carbonyl (C=O) groups is 1. The highest BCUT2D eigenvalue weighted by Crippen LogP contribution is 2.36. The first kappa shape index (κ1) is 13.2. The van der Waals surface area contributed by atoms with Gasteiger partial charge in [0.15, 0.2) is 0 Å². The van der Waals surface area contributed by atoms with Gasteiger partial charge in [-0.05, 0) is 26.3 Å². The van der Waals surface area contributed by atoms with E-state index >= 15 is 0 Å². The van der Waals surface area contributed by atoms with E-state index in [-0.39, 0.29) is 12.0 Å². The molecule has 0 amide bonds. The third kappa shape index (κ3) is 2.30. The molecule has 4 heteroatoms. The Morgan fingerprint density at radius 3 is 2.95 bits per heavy atom. The summed E-state index contributed by atoms with van der Waals surface area (Å²) in [6.07, 6.45) is 2.64. The molecule has 106 valence electrons. The van der Waals surface area contributed by atoms with Crippen LogP contribution in [0.5, 0.6) is 0 Å². The zero-order chi connectivity index (χ0) is 14.3. The minimum atomic E-state index is -0.447. The molecule has 4 nitrogen and oxygen atoms in total. The Morgan fingerprint density at radius 2 is 2.20 bits per heavy atom. The Bertz CT molecular complexity index is 572. The van der Waals surface area contributed by atoms with Crippen LogP contribution in [0, 0.1) is 0 Å². The zero-order valence-electron chi connectivity index (χ0n) is 12.2. The highest BCUT2D eigenvalue weighted by Gasteiger charge is 2.38. The molecule has 0 saturated carbocycles. The van der Waals surface area contributed by atoms with Crippen molar-refractivity contribution in [2.24, 2.45) is 4.99 Å². The average molecular weight is 272 g/mol. The molecule has 0 saturated heterocycles. The van der Waals surface area contributed by atoms with E-state index in [9.17, 15) is 4.79 Å². The van der Waals surface area contributed by atoms with E-state index < -0.39 is 5.60 Å². The molecule has 1 aromatic carbocycles. The number of ether oxygens (including phenoxy) is 1. The minimum absolute atomic E-state index is 0.137. The van der Waals surface area contributed by atoms with Gasteiger partial charge in [-0.1, -0.05) is 18.2 Å². The van der Waals surface area contributed by atoms with Crippen molar-refractivity contribution in [3.05, 3.63) is 29.3 Å². The molecule has 0 fully saturated rings. The SMILES string of the molecule is CC(C)(C)OC(=O)[C@H]1Cc2cccc3c2N1CCN=C3. The summed E-state index contributed by atoms with van der Waals surface area (Å²) in [6.45, 7) is 7.20. The van der Waals surface area contributed by atoms with E-state index in [1.54, 1.807) is 0 Å². The van der Waals surface area contributed by atoms with Crippen molar-refractivity contribution < 1.29 is 9.53 Å². The number of anilines is 1. The molecule has 0 unspecified atom stereocenters. The molecule has 20 heavy (non-hydrogen) atoms. The summed E-state index contributed by atoms with van der Waals surface area (Å²) < 4.78 is 5.57. The quantitative estimate of drug-likeness (QED) is 0.736. The Kier molecular flexibility index (Phi) is 3.04. The Hall–Kier alpha value is -1.84. The van der Waals surface area contributed by atoms with Crippen molar-refractivity contribution in [3.8, 4) is 0 Å². The third-order valence-corrected chi connectivity index (χ3v) is 3.61. The van der Waals surface area contributed by atoms with Crippen LogP contribution in [-0.4, -0.2) is 36.9 Å². The van der Waals surface area contributed by atoms with Crippen LogP contribution < -0.4 is 4.90 Å². The number of para-hydroxylation sites is 1. The summed E-state index contributed by atoms with van der Waals surface area (Å²) in [7, 11) is 0. The van der Waals surface area contributed by atoms with E-state index in [1.165, 1.54) is 5.56 Å². The number of carbonyl (C=O) groups excluding carboxylic acids is 1. The lowest BCUT2D eigenvalue weighted by molar-refractivity contribution is -0.156. The van der Waals surface area contributed by atoms with E-state index in [2.05, 4.69) is 22.0 Å². The first-order chi connectivity index (χ1) is 9.46. The lowest BCUT2D eigenvalue weighted by Gasteiger charge is -2.28. The van der Waals surface area contributed by atoms with Gasteiger partial charge in [-0.15, -0.1) is 0 Å². The molecule has 2 aliphatic rings. The number of benzene rings is 1. The molecule has 2 aliphatic heterocycles. The van der Waals surface area contributed by atoms with Crippen LogP contribution in [0.15, 0.2) is 23.2 Å². The van der Waals surface area contributed by atoms with Crippen molar-refractivity contribution in [2.75, 3.05) is 18.0 Å². The first-order valence-corrected chi connectivity index (χ1v) is 7.07. The van der Waals surface area contributed by atoms with Crippen LogP contribution in [0.1, 0.15) is 31.9 Å². The maximum absolute atomic E-state index is 12.4. The van der Waals surface area contributed by atoms with Gasteiger partial charge < -0.3 is 9.64 Å². The number of nitrogens with zero attached hydrogens (tertiary/aromatic N) is 2. The average Bonchev–Trinajstić information content (AvgIpc) is 2.58. The van der Waals surface area contributed by atoms with Crippen molar-refractivity contribution in [3.63, 3.8) is 0 Å². The number of esters is 1. The highest BCUT2D eigenvalue weighted by atomic mass is 16.6. The smallest absolute Gasteiger partial charge is 0.329 e. The molecule has 0 bridgehead atoms. The van der Waals surface area contributed by atoms with E-state index in [1.807, 2.05) is 33.1 Å². The maximum Gasteiger partial charge on any atom is 0.329 e. The number of hydrogen-bond donors (Lipinski definition) is 0. The zero-order valence-corrected chi connectivity index (χ0v) is 12.2. The van der Waals surface area contributed by atoms with Gasteiger partial charge in [-0.2, -0.15) is 0 Å². The lowest BCUT2D eigenvalue weighted by Crippen LogP contribution is -2.43. The van der Waals surface area contributed by atoms with Crippen molar-refractivity contribution in [2.45, 2.75) is 38.8 Å². The summed E-state index contributed by atoms with van der Waals surface area (Å²) >= 11 is 0. The van der Waals surface area contributed by atoms with Gasteiger partial charge in [0.2, 0.25) is 0 Å². The minimum Gasteiger partial charge on any atom is -0.458 e. The molecule has 0 N–H and O–H groups in total. The second-order valence-electron chi connectivity index (χ2n) is 6.34. The number of hydrogen-bond acceptors (Lipinski definition) is 4. The standard InChI is InChI=1S/C16H20N2O2/c1-16(2,3)20-15(19)13-9-11-5-4-6-12-10-17-7-8-18(13)14(11)12/h4-6,10,13H,7-9H2,1-3H3/t13-/m1/s1. The summed E-state index contributed by atoms with van der Waals surface area (Å²) in [5, 5.41) is 0. The second-order valence-corrected chi connectivity index (χ2v) is 6.34. The summed E-state index contributed by atoms with van der Waals surface area (Å²) in [4.78, 5) is 19.0. The third-order valence-electron chi connectivity index (χ3n) is 3.61. The molecule has 2 heterocycles. The predicted molar refractivity (Wildman–Crippen MR) is 79.6 cm³/mol. The fraction of sp³-hybridized carbons (Fsp3) is 0.500. The molecule has 0 aliphatic carbocycles.